The predicted octanol–water partition coefficient (Wildman–Crippen LogP) is 0.615. The van der Waals surface area contributed by atoms with E-state index in [0.717, 1.165) is 12.0 Å². The van der Waals surface area contributed by atoms with Crippen molar-refractivity contribution in [3.8, 4) is 6.07 Å². The minimum absolute atomic E-state index is 0.0543. The van der Waals surface area contributed by atoms with Crippen molar-refractivity contribution in [2.45, 2.75) is 39.4 Å². The molecule has 0 saturated carbocycles. The predicted molar refractivity (Wildman–Crippen MR) is 113 cm³/mol. The molecule has 0 aliphatic heterocycles. The summed E-state index contributed by atoms with van der Waals surface area (Å²) in [7, 11) is 0. The third-order valence-corrected chi connectivity index (χ3v) is 4.64. The average molecular weight is 422 g/mol. The van der Waals surface area contributed by atoms with E-state index in [2.05, 4.69) is 15.1 Å². The van der Waals surface area contributed by atoms with Crippen LogP contribution in [0, 0.1) is 11.3 Å². The number of rotatable bonds is 8. The number of unbranched alkanes of at least 4 members (excludes halogenated alkanes) is 1. The zero-order valence-electron chi connectivity index (χ0n) is 17.0. The highest BCUT2D eigenvalue weighted by Crippen LogP contribution is 2.20. The van der Waals surface area contributed by atoms with Gasteiger partial charge in [0.1, 0.15) is 24.8 Å². The van der Waals surface area contributed by atoms with Crippen molar-refractivity contribution in [3.63, 3.8) is 0 Å². The Balaban J connectivity index is 2.05. The summed E-state index contributed by atoms with van der Waals surface area (Å²) in [6.07, 6.45) is 2.76. The second-order valence-electron chi connectivity index (χ2n) is 6.84. The molecule has 3 aromatic rings. The molecule has 0 radical (unpaired) electrons. The Labute approximate surface area is 177 Å². The van der Waals surface area contributed by atoms with Crippen LogP contribution in [0.2, 0.25) is 0 Å². The number of nitrogens with two attached hydrogens (primary N) is 1. The Morgan fingerprint density at radius 1 is 1.29 bits per heavy atom. The van der Waals surface area contributed by atoms with Gasteiger partial charge in [0.2, 0.25) is 5.91 Å². The standard InChI is InChI=1S/C20H22N8O3/c1-2-3-9-27-18(22)17(19(30)24-20(27)31)28(11-14-7-5-4-6-8-14)16(29)12-26-13-23-15(10-21)25-26/h4-8,13H,2-3,9,11-12,22H2,1H3,(H,24,30,31). The summed E-state index contributed by atoms with van der Waals surface area (Å²) >= 11 is 0. The van der Waals surface area contributed by atoms with Crippen LogP contribution in [0.3, 0.4) is 0 Å². The van der Waals surface area contributed by atoms with Crippen LogP contribution in [0.5, 0.6) is 0 Å². The number of nitrogens with one attached hydrogen (secondary N) is 1. The number of nitrogens with zero attached hydrogens (tertiary/aromatic N) is 6. The number of nitriles is 1. The lowest BCUT2D eigenvalue weighted by Crippen LogP contribution is -2.42. The molecule has 2 heterocycles. The van der Waals surface area contributed by atoms with Crippen LogP contribution in [0.15, 0.2) is 46.2 Å². The van der Waals surface area contributed by atoms with Gasteiger partial charge in [-0.15, -0.1) is 5.10 Å². The highest BCUT2D eigenvalue weighted by atomic mass is 16.2. The molecule has 11 nitrogen and oxygen atoms in total. The molecular formula is C20H22N8O3. The molecule has 31 heavy (non-hydrogen) atoms. The SMILES string of the molecule is CCCCn1c(N)c(N(Cc2ccccc2)C(=O)Cn2cnc(C#N)n2)c(=O)[nH]c1=O. The molecule has 0 aliphatic carbocycles. The number of benzene rings is 1. The lowest BCUT2D eigenvalue weighted by Gasteiger charge is -2.24. The van der Waals surface area contributed by atoms with Gasteiger partial charge in [-0.25, -0.2) is 14.5 Å². The quantitative estimate of drug-likeness (QED) is 0.539. The van der Waals surface area contributed by atoms with Gasteiger partial charge in [0, 0.05) is 6.54 Å². The molecule has 1 aromatic carbocycles. The van der Waals surface area contributed by atoms with Crippen molar-refractivity contribution >= 4 is 17.4 Å². The molecule has 0 atom stereocenters. The first-order valence-corrected chi connectivity index (χ1v) is 9.71. The normalized spacial score (nSPS) is 10.6. The molecule has 11 heteroatoms. The smallest absolute Gasteiger partial charge is 0.330 e. The highest BCUT2D eigenvalue weighted by molar-refractivity contribution is 5.95. The first kappa shape index (κ1) is 21.5. The fourth-order valence-electron chi connectivity index (χ4n) is 3.08. The Morgan fingerprint density at radius 2 is 2.03 bits per heavy atom. The van der Waals surface area contributed by atoms with Crippen LogP contribution in [-0.2, 0) is 24.4 Å². The van der Waals surface area contributed by atoms with Crippen LogP contribution in [-0.4, -0.2) is 30.2 Å². The Hall–Kier alpha value is -4.20. The molecule has 0 unspecified atom stereocenters. The Kier molecular flexibility index (Phi) is 6.61. The van der Waals surface area contributed by atoms with Crippen molar-refractivity contribution in [2.75, 3.05) is 10.6 Å². The topological polar surface area (TPSA) is 156 Å². The number of nitrogen functional groups attached to an aromatic ring is 1. The molecule has 0 fully saturated rings. The summed E-state index contributed by atoms with van der Waals surface area (Å²) in [5.74, 6) is -0.660. The van der Waals surface area contributed by atoms with Gasteiger partial charge >= 0.3 is 5.69 Å². The van der Waals surface area contributed by atoms with Gasteiger partial charge in [-0.05, 0) is 12.0 Å². The van der Waals surface area contributed by atoms with Crippen LogP contribution < -0.4 is 21.9 Å². The van der Waals surface area contributed by atoms with Gasteiger partial charge in [-0.3, -0.25) is 24.0 Å². The molecule has 3 rings (SSSR count). The Bertz CT molecular complexity index is 1220. The lowest BCUT2D eigenvalue weighted by atomic mass is 10.2. The highest BCUT2D eigenvalue weighted by Gasteiger charge is 2.25. The van der Waals surface area contributed by atoms with Gasteiger partial charge in [-0.1, -0.05) is 43.7 Å². The maximum absolute atomic E-state index is 13.2. The number of aromatic amines is 1. The molecule has 3 N–H and O–H groups in total. The van der Waals surface area contributed by atoms with E-state index in [4.69, 9.17) is 11.0 Å². The van der Waals surface area contributed by atoms with Crippen molar-refractivity contribution in [2.24, 2.45) is 0 Å². The third kappa shape index (κ3) is 4.87. The molecule has 0 spiro atoms. The Morgan fingerprint density at radius 3 is 2.68 bits per heavy atom. The van der Waals surface area contributed by atoms with Crippen molar-refractivity contribution < 1.29 is 4.79 Å². The van der Waals surface area contributed by atoms with Gasteiger partial charge in [0.15, 0.2) is 5.69 Å². The monoisotopic (exact) mass is 422 g/mol. The van der Waals surface area contributed by atoms with Crippen LogP contribution >= 0.6 is 0 Å². The van der Waals surface area contributed by atoms with Crippen molar-refractivity contribution in [1.29, 1.82) is 5.26 Å². The van der Waals surface area contributed by atoms with E-state index < -0.39 is 17.2 Å². The van der Waals surface area contributed by atoms with Crippen molar-refractivity contribution in [3.05, 3.63) is 68.9 Å². The van der Waals surface area contributed by atoms with Gasteiger partial charge in [0.25, 0.3) is 11.4 Å². The van der Waals surface area contributed by atoms with Crippen molar-refractivity contribution in [1.82, 2.24) is 24.3 Å². The van der Waals surface area contributed by atoms with Gasteiger partial charge in [0.05, 0.1) is 6.54 Å². The maximum Gasteiger partial charge on any atom is 0.330 e. The number of carbonyl (C=O) groups excluding carboxylic acids is 1. The van der Waals surface area contributed by atoms with E-state index in [1.165, 1.54) is 20.5 Å². The number of aromatic nitrogens is 5. The number of amides is 1. The summed E-state index contributed by atoms with van der Waals surface area (Å²) in [6, 6.07) is 10.9. The summed E-state index contributed by atoms with van der Waals surface area (Å²) < 4.78 is 2.46. The first-order chi connectivity index (χ1) is 14.9. The van der Waals surface area contributed by atoms with E-state index in [9.17, 15) is 14.4 Å². The zero-order valence-corrected chi connectivity index (χ0v) is 17.0. The molecule has 0 aliphatic rings. The second kappa shape index (κ2) is 9.53. The first-order valence-electron chi connectivity index (χ1n) is 9.71. The molecule has 1 amide bonds. The summed E-state index contributed by atoms with van der Waals surface area (Å²) in [4.78, 5) is 45.4. The summed E-state index contributed by atoms with van der Waals surface area (Å²) in [6.45, 7) is 2.06. The van der Waals surface area contributed by atoms with E-state index in [-0.39, 0.29) is 30.4 Å². The molecule has 0 bridgehead atoms. The van der Waals surface area contributed by atoms with Crippen LogP contribution in [0.4, 0.5) is 11.5 Å². The lowest BCUT2D eigenvalue weighted by molar-refractivity contribution is -0.119. The number of anilines is 2. The number of hydrogen-bond donors (Lipinski definition) is 2. The number of H-pyrrole nitrogens is 1. The van der Waals surface area contributed by atoms with Gasteiger partial charge < -0.3 is 5.73 Å². The minimum atomic E-state index is -0.754. The molecule has 0 saturated heterocycles. The fraction of sp³-hybridized carbons (Fsp3) is 0.300. The fourth-order valence-corrected chi connectivity index (χ4v) is 3.08. The largest absolute Gasteiger partial charge is 0.383 e. The molecular weight excluding hydrogens is 400 g/mol. The average Bonchev–Trinajstić information content (AvgIpc) is 3.21. The molecule has 2 aromatic heterocycles. The molecule has 160 valence electrons. The van der Waals surface area contributed by atoms with Crippen LogP contribution in [0.25, 0.3) is 0 Å². The van der Waals surface area contributed by atoms with E-state index in [1.807, 2.05) is 25.1 Å². The summed E-state index contributed by atoms with van der Waals surface area (Å²) in [5, 5.41) is 12.8. The van der Waals surface area contributed by atoms with E-state index in [1.54, 1.807) is 18.2 Å². The number of carbonyl (C=O) groups is 1. The second-order valence-corrected chi connectivity index (χ2v) is 6.84. The third-order valence-electron chi connectivity index (χ3n) is 4.64. The summed E-state index contributed by atoms with van der Waals surface area (Å²) in [5.41, 5.74) is 5.49. The zero-order chi connectivity index (χ0) is 22.4. The van der Waals surface area contributed by atoms with E-state index >= 15 is 0 Å². The van der Waals surface area contributed by atoms with Crippen LogP contribution in [0.1, 0.15) is 31.2 Å². The maximum atomic E-state index is 13.2. The van der Waals surface area contributed by atoms with E-state index in [0.29, 0.717) is 13.0 Å². The minimum Gasteiger partial charge on any atom is -0.383 e. The number of hydrogen-bond acceptors (Lipinski definition) is 7. The van der Waals surface area contributed by atoms with Gasteiger partial charge in [-0.2, -0.15) is 5.26 Å².